The zero-order chi connectivity index (χ0) is 31.2. The van der Waals surface area contributed by atoms with E-state index in [9.17, 15) is 40.7 Å². The third kappa shape index (κ3) is 9.14. The van der Waals surface area contributed by atoms with Crippen molar-refractivity contribution in [3.63, 3.8) is 0 Å². The van der Waals surface area contributed by atoms with E-state index < -0.39 is 35.6 Å². The van der Waals surface area contributed by atoms with Gasteiger partial charge in [-0.15, -0.1) is 0 Å². The normalized spacial score (nSPS) is 18.3. The average molecular weight is 613 g/mol. The van der Waals surface area contributed by atoms with E-state index in [1.165, 1.54) is 12.1 Å². The summed E-state index contributed by atoms with van der Waals surface area (Å²) >= 11 is 0. The number of amides is 2. The molecule has 1 atom stereocenters. The quantitative estimate of drug-likeness (QED) is 0.138. The maximum absolute atomic E-state index is 13.2. The zero-order valence-electron chi connectivity index (χ0n) is 23.0. The van der Waals surface area contributed by atoms with E-state index in [0.717, 1.165) is 18.9 Å². The Labute approximate surface area is 243 Å². The first-order valence-electron chi connectivity index (χ1n) is 13.8. The Hall–Kier alpha value is -3.71. The molecule has 0 saturated carbocycles. The van der Waals surface area contributed by atoms with Crippen molar-refractivity contribution in [2.75, 3.05) is 11.9 Å². The molecule has 7 nitrogen and oxygen atoms in total. The fourth-order valence-corrected chi connectivity index (χ4v) is 4.84. The van der Waals surface area contributed by atoms with Gasteiger partial charge in [0.2, 0.25) is 11.8 Å². The number of hydrogen-bond acceptors (Lipinski definition) is 5. The topological polar surface area (TPSA) is 93.7 Å². The number of hydroxylamine groups is 1. The number of unbranched alkanes of at least 4 members (excludes halogenated alkanes) is 1. The molecule has 43 heavy (non-hydrogen) atoms. The van der Waals surface area contributed by atoms with Crippen molar-refractivity contribution in [1.29, 1.82) is 0 Å². The Morgan fingerprint density at radius 3 is 2.21 bits per heavy atom. The van der Waals surface area contributed by atoms with Crippen molar-refractivity contribution >= 4 is 29.4 Å². The second kappa shape index (κ2) is 13.7. The molecule has 0 aromatic heterocycles. The minimum atomic E-state index is -4.99. The summed E-state index contributed by atoms with van der Waals surface area (Å²) in [5.74, 6) is -1.11. The Morgan fingerprint density at radius 1 is 0.907 bits per heavy atom. The summed E-state index contributed by atoms with van der Waals surface area (Å²) in [6, 6.07) is 5.78. The van der Waals surface area contributed by atoms with Gasteiger partial charge >= 0.3 is 12.4 Å². The van der Waals surface area contributed by atoms with E-state index in [1.54, 1.807) is 6.07 Å². The van der Waals surface area contributed by atoms with Crippen molar-refractivity contribution in [3.8, 4) is 0 Å². The van der Waals surface area contributed by atoms with E-state index in [2.05, 4.69) is 10.8 Å². The number of nitrogens with one attached hydrogen (secondary N) is 2. The minimum Gasteiger partial charge on any atom is -0.350 e. The lowest BCUT2D eigenvalue weighted by molar-refractivity contribution is -0.200. The van der Waals surface area contributed by atoms with E-state index in [1.807, 2.05) is 0 Å². The van der Waals surface area contributed by atoms with Gasteiger partial charge in [-0.1, -0.05) is 0 Å². The standard InChI is InChI=1S/C30H30F6N2O5/c31-29(32,33)21-14-18(15-22(17-21)30(34,35)36)13-20-9-8-19-16-23(10-11-24(19)28(20)41)37-25(39)5-1-2-6-26(40)38-43-27-7-3-4-12-42-27/h10-11,13-17,27H,1-9,12H2,(H,37,39)(H,38,40)/b20-13+. The second-order valence-corrected chi connectivity index (χ2v) is 10.4. The van der Waals surface area contributed by atoms with Gasteiger partial charge < -0.3 is 10.1 Å². The van der Waals surface area contributed by atoms with Crippen LogP contribution in [0.3, 0.4) is 0 Å². The number of hydrogen-bond donors (Lipinski definition) is 2. The van der Waals surface area contributed by atoms with Crippen molar-refractivity contribution in [3.05, 3.63) is 69.8 Å². The van der Waals surface area contributed by atoms with Crippen LogP contribution in [0.15, 0.2) is 42.0 Å². The highest BCUT2D eigenvalue weighted by Crippen LogP contribution is 2.37. The fraction of sp³-hybridized carbons (Fsp3) is 0.433. The molecule has 1 aliphatic carbocycles. The van der Waals surface area contributed by atoms with Gasteiger partial charge in [0.1, 0.15) is 0 Å². The number of aryl methyl sites for hydroxylation is 1. The molecule has 1 heterocycles. The fourth-order valence-electron chi connectivity index (χ4n) is 4.84. The van der Waals surface area contributed by atoms with Crippen LogP contribution < -0.4 is 10.8 Å². The van der Waals surface area contributed by atoms with Crippen molar-refractivity contribution in [1.82, 2.24) is 5.48 Å². The molecule has 2 aromatic rings. The summed E-state index contributed by atoms with van der Waals surface area (Å²) < 4.78 is 84.6. The van der Waals surface area contributed by atoms with Crippen LogP contribution in [0, 0.1) is 0 Å². The average Bonchev–Trinajstić information content (AvgIpc) is 2.95. The third-order valence-electron chi connectivity index (χ3n) is 7.04. The van der Waals surface area contributed by atoms with Gasteiger partial charge in [-0.2, -0.15) is 26.3 Å². The number of benzene rings is 2. The molecule has 1 aliphatic heterocycles. The number of anilines is 1. The van der Waals surface area contributed by atoms with Crippen molar-refractivity contribution in [2.24, 2.45) is 0 Å². The number of carbonyl (C=O) groups excluding carboxylic acids is 3. The van der Waals surface area contributed by atoms with Crippen molar-refractivity contribution < 1.29 is 50.3 Å². The summed E-state index contributed by atoms with van der Waals surface area (Å²) in [5, 5.41) is 2.74. The predicted molar refractivity (Wildman–Crippen MR) is 143 cm³/mol. The third-order valence-corrected chi connectivity index (χ3v) is 7.04. The molecule has 13 heteroatoms. The highest BCUT2D eigenvalue weighted by Gasteiger charge is 2.37. The Balaban J connectivity index is 1.31. The molecular formula is C30H30F6N2O5. The van der Waals surface area contributed by atoms with Crippen LogP contribution >= 0.6 is 0 Å². The lowest BCUT2D eigenvalue weighted by Gasteiger charge is -2.22. The monoisotopic (exact) mass is 612 g/mol. The Bertz CT molecular complexity index is 1350. The van der Waals surface area contributed by atoms with Crippen molar-refractivity contribution in [2.45, 2.75) is 76.4 Å². The van der Waals surface area contributed by atoms with Crippen LogP contribution in [0.4, 0.5) is 32.0 Å². The maximum atomic E-state index is 13.2. The first-order chi connectivity index (χ1) is 20.3. The van der Waals surface area contributed by atoms with E-state index in [4.69, 9.17) is 9.57 Å². The number of ketones is 1. The first-order valence-corrected chi connectivity index (χ1v) is 13.8. The van der Waals surface area contributed by atoms with Crippen LogP contribution in [-0.4, -0.2) is 30.5 Å². The van der Waals surface area contributed by atoms with Crippen LogP contribution in [0.25, 0.3) is 6.08 Å². The zero-order valence-corrected chi connectivity index (χ0v) is 23.0. The van der Waals surface area contributed by atoms with E-state index >= 15 is 0 Å². The molecule has 0 bridgehead atoms. The number of rotatable bonds is 9. The van der Waals surface area contributed by atoms with Crippen LogP contribution in [0.1, 0.15) is 84.0 Å². The number of alkyl halides is 6. The molecule has 2 N–H and O–H groups in total. The molecule has 1 fully saturated rings. The molecule has 0 radical (unpaired) electrons. The van der Waals surface area contributed by atoms with E-state index in [0.29, 0.717) is 55.7 Å². The lowest BCUT2D eigenvalue weighted by Crippen LogP contribution is -2.32. The molecule has 2 aromatic carbocycles. The first kappa shape index (κ1) is 32.2. The molecule has 4 rings (SSSR count). The minimum absolute atomic E-state index is 0.0379. The van der Waals surface area contributed by atoms with Gasteiger partial charge in [0.05, 0.1) is 11.1 Å². The molecule has 2 aliphatic rings. The largest absolute Gasteiger partial charge is 0.416 e. The SMILES string of the molecule is O=C(CCCCC(=O)Nc1ccc2c(c1)CC/C(=C\c1cc(C(F)(F)F)cc(C(F)(F)F)c1)C2=O)NOC1CCCCO1. The van der Waals surface area contributed by atoms with Gasteiger partial charge in [-0.3, -0.25) is 14.4 Å². The summed E-state index contributed by atoms with van der Waals surface area (Å²) in [6.07, 6.45) is -5.12. The molecular weight excluding hydrogens is 582 g/mol. The molecule has 1 saturated heterocycles. The highest BCUT2D eigenvalue weighted by molar-refractivity contribution is 6.13. The smallest absolute Gasteiger partial charge is 0.350 e. The van der Waals surface area contributed by atoms with Crippen LogP contribution in [0.2, 0.25) is 0 Å². The number of carbonyl (C=O) groups is 3. The number of fused-ring (bicyclic) bond motifs is 1. The van der Waals surface area contributed by atoms with Gasteiger partial charge in [-0.05, 0) is 92.1 Å². The van der Waals surface area contributed by atoms with Crippen LogP contribution in [-0.2, 0) is 37.9 Å². The maximum Gasteiger partial charge on any atom is 0.416 e. The van der Waals surface area contributed by atoms with E-state index in [-0.39, 0.29) is 53.8 Å². The van der Waals surface area contributed by atoms with Gasteiger partial charge in [0.15, 0.2) is 12.1 Å². The summed E-state index contributed by atoms with van der Waals surface area (Å²) in [7, 11) is 0. The summed E-state index contributed by atoms with van der Waals surface area (Å²) in [6.45, 7) is 0.590. The van der Waals surface area contributed by atoms with Crippen LogP contribution in [0.5, 0.6) is 0 Å². The molecule has 2 amide bonds. The van der Waals surface area contributed by atoms with Gasteiger partial charge in [0, 0.05) is 42.7 Å². The summed E-state index contributed by atoms with van der Waals surface area (Å²) in [4.78, 5) is 42.5. The summed E-state index contributed by atoms with van der Waals surface area (Å²) in [5.41, 5.74) is 0.442. The molecule has 0 spiro atoms. The highest BCUT2D eigenvalue weighted by atomic mass is 19.4. The second-order valence-electron chi connectivity index (χ2n) is 10.4. The molecule has 232 valence electrons. The Morgan fingerprint density at radius 2 is 1.58 bits per heavy atom. The number of Topliss-reactive ketones (excluding diaryl/α,β-unsaturated/α-hetero) is 1. The molecule has 1 unspecified atom stereocenters. The number of halogens is 6. The predicted octanol–water partition coefficient (Wildman–Crippen LogP) is 7.01. The number of allylic oxidation sites excluding steroid dienone is 1. The number of ether oxygens (including phenoxy) is 1. The van der Waals surface area contributed by atoms with Gasteiger partial charge in [-0.25, -0.2) is 10.3 Å². The lowest BCUT2D eigenvalue weighted by atomic mass is 9.85. The van der Waals surface area contributed by atoms with Gasteiger partial charge in [0.25, 0.3) is 0 Å². The Kier molecular flexibility index (Phi) is 10.3.